The van der Waals surface area contributed by atoms with Gasteiger partial charge in [0, 0.05) is 47.5 Å². The Hall–Kier alpha value is -2.62. The first-order valence-electron chi connectivity index (χ1n) is 7.53. The van der Waals surface area contributed by atoms with Crippen LogP contribution in [-0.2, 0) is 7.05 Å². The predicted molar refractivity (Wildman–Crippen MR) is 86.6 cm³/mol. The summed E-state index contributed by atoms with van der Waals surface area (Å²) in [5.41, 5.74) is 3.71. The molecule has 0 saturated heterocycles. The Morgan fingerprint density at radius 2 is 2.09 bits per heavy atom. The lowest BCUT2D eigenvalue weighted by Crippen LogP contribution is -2.25. The number of aryl methyl sites for hydroxylation is 1. The van der Waals surface area contributed by atoms with Crippen molar-refractivity contribution in [3.05, 3.63) is 54.4 Å². The maximum Gasteiger partial charge on any atom is 0.251 e. The average Bonchev–Trinajstić information content (AvgIpc) is 3.29. The number of amides is 1. The summed E-state index contributed by atoms with van der Waals surface area (Å²) < 4.78 is 2.09. The molecule has 3 aromatic rings. The number of hydrogen-bond donors (Lipinski definition) is 1. The molecule has 0 unspecified atom stereocenters. The van der Waals surface area contributed by atoms with Crippen molar-refractivity contribution in [3.63, 3.8) is 0 Å². The molecule has 1 aliphatic carbocycles. The minimum Gasteiger partial charge on any atom is -0.351 e. The summed E-state index contributed by atoms with van der Waals surface area (Å²) in [6, 6.07) is 12.3. The van der Waals surface area contributed by atoms with Gasteiger partial charge < -0.3 is 9.88 Å². The van der Waals surface area contributed by atoms with Crippen molar-refractivity contribution in [2.75, 3.05) is 0 Å². The second kappa shape index (κ2) is 4.98. The van der Waals surface area contributed by atoms with E-state index in [1.165, 1.54) is 10.9 Å². The smallest absolute Gasteiger partial charge is 0.251 e. The number of benzene rings is 1. The van der Waals surface area contributed by atoms with E-state index in [0.717, 1.165) is 24.1 Å². The van der Waals surface area contributed by atoms with Crippen LogP contribution in [0.15, 0.2) is 48.8 Å². The highest BCUT2D eigenvalue weighted by Gasteiger charge is 2.23. The molecule has 0 atom stereocenters. The summed E-state index contributed by atoms with van der Waals surface area (Å²) in [6.07, 6.45) is 5.93. The molecule has 0 radical (unpaired) electrons. The fraction of sp³-hybridized carbons (Fsp3) is 0.222. The Kier molecular flexibility index (Phi) is 2.96. The molecule has 2 aromatic heterocycles. The zero-order chi connectivity index (χ0) is 15.1. The van der Waals surface area contributed by atoms with Gasteiger partial charge in [-0.05, 0) is 43.2 Å². The van der Waals surface area contributed by atoms with Crippen LogP contribution in [0.3, 0.4) is 0 Å². The van der Waals surface area contributed by atoms with Crippen molar-refractivity contribution < 1.29 is 4.79 Å². The Balaban J connectivity index is 1.69. The molecule has 1 saturated carbocycles. The first-order chi connectivity index (χ1) is 10.7. The molecule has 0 spiro atoms. The normalized spacial score (nSPS) is 14.2. The molecule has 22 heavy (non-hydrogen) atoms. The van der Waals surface area contributed by atoms with E-state index in [1.54, 1.807) is 12.3 Å². The summed E-state index contributed by atoms with van der Waals surface area (Å²) in [4.78, 5) is 16.6. The number of pyridine rings is 1. The van der Waals surface area contributed by atoms with Gasteiger partial charge in [-0.3, -0.25) is 9.78 Å². The quantitative estimate of drug-likeness (QED) is 0.806. The topological polar surface area (TPSA) is 46.9 Å². The van der Waals surface area contributed by atoms with E-state index in [1.807, 2.05) is 25.4 Å². The lowest BCUT2D eigenvalue weighted by Gasteiger charge is -2.06. The molecule has 1 aromatic carbocycles. The minimum absolute atomic E-state index is 0.00746. The van der Waals surface area contributed by atoms with Crippen LogP contribution in [0.25, 0.3) is 22.2 Å². The molecular formula is C18H17N3O. The first-order valence-corrected chi connectivity index (χ1v) is 7.53. The summed E-state index contributed by atoms with van der Waals surface area (Å²) in [5, 5.41) is 4.19. The lowest BCUT2D eigenvalue weighted by atomic mass is 10.1. The molecule has 4 nitrogen and oxygen atoms in total. The van der Waals surface area contributed by atoms with E-state index in [9.17, 15) is 4.79 Å². The van der Waals surface area contributed by atoms with Gasteiger partial charge in [0.2, 0.25) is 0 Å². The zero-order valence-corrected chi connectivity index (χ0v) is 12.4. The number of rotatable bonds is 3. The van der Waals surface area contributed by atoms with Gasteiger partial charge >= 0.3 is 0 Å². The second-order valence-corrected chi connectivity index (χ2v) is 5.88. The lowest BCUT2D eigenvalue weighted by molar-refractivity contribution is 0.0951. The predicted octanol–water partition coefficient (Wildman–Crippen LogP) is 3.13. The third-order valence-corrected chi connectivity index (χ3v) is 4.12. The molecule has 4 heteroatoms. The Morgan fingerprint density at radius 3 is 2.91 bits per heavy atom. The van der Waals surface area contributed by atoms with Crippen LogP contribution in [0, 0.1) is 0 Å². The van der Waals surface area contributed by atoms with E-state index in [-0.39, 0.29) is 5.91 Å². The van der Waals surface area contributed by atoms with Crippen molar-refractivity contribution in [2.45, 2.75) is 18.9 Å². The molecule has 1 fully saturated rings. The van der Waals surface area contributed by atoms with E-state index in [0.29, 0.717) is 11.6 Å². The fourth-order valence-electron chi connectivity index (χ4n) is 2.67. The average molecular weight is 291 g/mol. The van der Waals surface area contributed by atoms with Crippen molar-refractivity contribution in [1.82, 2.24) is 14.9 Å². The number of carbonyl (C=O) groups is 1. The van der Waals surface area contributed by atoms with Crippen molar-refractivity contribution in [3.8, 4) is 11.3 Å². The molecule has 1 amide bonds. The summed E-state index contributed by atoms with van der Waals surface area (Å²) >= 11 is 0. The Morgan fingerprint density at radius 1 is 1.23 bits per heavy atom. The highest BCUT2D eigenvalue weighted by molar-refractivity contribution is 5.95. The van der Waals surface area contributed by atoms with Gasteiger partial charge in [0.15, 0.2) is 0 Å². The number of hydrogen-bond acceptors (Lipinski definition) is 2. The number of carbonyl (C=O) groups excluding carboxylic acids is 1. The number of nitrogens with one attached hydrogen (secondary N) is 1. The van der Waals surface area contributed by atoms with Gasteiger partial charge in [0.25, 0.3) is 5.91 Å². The van der Waals surface area contributed by atoms with Gasteiger partial charge in [-0.2, -0.15) is 0 Å². The Bertz CT molecular complexity index is 862. The van der Waals surface area contributed by atoms with Crippen LogP contribution >= 0.6 is 0 Å². The van der Waals surface area contributed by atoms with E-state index < -0.39 is 0 Å². The van der Waals surface area contributed by atoms with Crippen LogP contribution in [0.2, 0.25) is 0 Å². The van der Waals surface area contributed by atoms with Gasteiger partial charge in [-0.1, -0.05) is 6.07 Å². The van der Waals surface area contributed by atoms with E-state index in [4.69, 9.17) is 0 Å². The van der Waals surface area contributed by atoms with Crippen LogP contribution in [-0.4, -0.2) is 21.5 Å². The van der Waals surface area contributed by atoms with Crippen molar-refractivity contribution in [2.24, 2.45) is 7.05 Å². The minimum atomic E-state index is -0.00746. The first kappa shape index (κ1) is 13.1. The highest BCUT2D eigenvalue weighted by atomic mass is 16.1. The maximum absolute atomic E-state index is 12.2. The number of aromatic nitrogens is 2. The molecule has 1 aliphatic rings. The van der Waals surface area contributed by atoms with Gasteiger partial charge in [0.1, 0.15) is 0 Å². The highest BCUT2D eigenvalue weighted by Crippen LogP contribution is 2.24. The molecular weight excluding hydrogens is 274 g/mol. The summed E-state index contributed by atoms with van der Waals surface area (Å²) in [6.45, 7) is 0. The van der Waals surface area contributed by atoms with E-state index >= 15 is 0 Å². The third kappa shape index (κ3) is 2.37. The van der Waals surface area contributed by atoms with Crippen LogP contribution in [0.4, 0.5) is 0 Å². The van der Waals surface area contributed by atoms with Gasteiger partial charge in [0.05, 0.1) is 5.69 Å². The zero-order valence-electron chi connectivity index (χ0n) is 12.4. The van der Waals surface area contributed by atoms with Crippen molar-refractivity contribution in [1.29, 1.82) is 0 Å². The monoisotopic (exact) mass is 291 g/mol. The molecule has 110 valence electrons. The number of nitrogens with zero attached hydrogens (tertiary/aromatic N) is 2. The van der Waals surface area contributed by atoms with Crippen LogP contribution in [0.1, 0.15) is 23.2 Å². The Labute approximate surface area is 128 Å². The summed E-state index contributed by atoms with van der Waals surface area (Å²) in [7, 11) is 2.03. The van der Waals surface area contributed by atoms with E-state index in [2.05, 4.69) is 33.1 Å². The molecule has 0 aliphatic heterocycles. The van der Waals surface area contributed by atoms with Crippen molar-refractivity contribution >= 4 is 16.8 Å². The molecule has 0 bridgehead atoms. The number of fused-ring (bicyclic) bond motifs is 1. The third-order valence-electron chi connectivity index (χ3n) is 4.12. The van der Waals surface area contributed by atoms with Gasteiger partial charge in [-0.15, -0.1) is 0 Å². The van der Waals surface area contributed by atoms with Gasteiger partial charge in [-0.25, -0.2) is 0 Å². The largest absolute Gasteiger partial charge is 0.351 e. The maximum atomic E-state index is 12.2. The standard InChI is InChI=1S/C18H17N3O/c1-21-9-7-13-10-12(2-5-17(13)21)16-11-14(6-8-19-16)18(22)20-15-3-4-15/h2,5-11,15H,3-4H2,1H3,(H,20,22). The van der Waals surface area contributed by atoms with Crippen LogP contribution in [0.5, 0.6) is 0 Å². The molecule has 2 heterocycles. The summed E-state index contributed by atoms with van der Waals surface area (Å²) in [5.74, 6) is -0.00746. The molecule has 1 N–H and O–H groups in total. The molecule has 4 rings (SSSR count). The fourth-order valence-corrected chi connectivity index (χ4v) is 2.67. The SMILES string of the molecule is Cn1ccc2cc(-c3cc(C(=O)NC4CC4)ccn3)ccc21. The second-order valence-electron chi connectivity index (χ2n) is 5.88. The van der Waals surface area contributed by atoms with Crippen LogP contribution < -0.4 is 5.32 Å².